The first kappa shape index (κ1) is 18.2. The second kappa shape index (κ2) is 8.00. The third kappa shape index (κ3) is 4.68. The minimum Gasteiger partial charge on any atom is -0.494 e. The summed E-state index contributed by atoms with van der Waals surface area (Å²) in [7, 11) is 1.46. The number of halogens is 2. The molecule has 5 N–H and O–H groups in total. The minimum atomic E-state index is -0.929. The van der Waals surface area contributed by atoms with Crippen molar-refractivity contribution in [1.82, 2.24) is 0 Å². The summed E-state index contributed by atoms with van der Waals surface area (Å²) >= 11 is 0. The number of methoxy groups -OCH3 is 1. The van der Waals surface area contributed by atoms with Crippen LogP contribution in [-0.4, -0.2) is 18.2 Å². The number of ether oxygens (including phenoxy) is 1. The number of carbonyl (C=O) groups is 1. The molecule has 1 aromatic rings. The Kier molecular flexibility index (Phi) is 8.57. The molecule has 0 aliphatic carbocycles. The smallest absolute Gasteiger partial charge is 0.307 e. The molecule has 0 aliphatic heterocycles. The van der Waals surface area contributed by atoms with E-state index in [9.17, 15) is 4.79 Å². The average Bonchev–Trinajstić information content (AvgIpc) is 2.16. The van der Waals surface area contributed by atoms with Gasteiger partial charge in [0.05, 0.1) is 19.2 Å². The summed E-state index contributed by atoms with van der Waals surface area (Å²) in [5, 5.41) is 8.71. The maximum atomic E-state index is 10.6. The summed E-state index contributed by atoms with van der Waals surface area (Å²) in [4.78, 5) is 10.6. The lowest BCUT2D eigenvalue weighted by molar-refractivity contribution is -0.136. The van der Waals surface area contributed by atoms with Crippen LogP contribution < -0.4 is 16.2 Å². The second-order valence-corrected chi connectivity index (χ2v) is 3.15. The van der Waals surface area contributed by atoms with Gasteiger partial charge in [0.25, 0.3) is 0 Å². The van der Waals surface area contributed by atoms with Crippen molar-refractivity contribution in [3.8, 4) is 5.75 Å². The fourth-order valence-corrected chi connectivity index (χ4v) is 1.44. The van der Waals surface area contributed by atoms with Crippen molar-refractivity contribution in [2.75, 3.05) is 12.8 Å². The first-order chi connectivity index (χ1) is 7.08. The quantitative estimate of drug-likeness (QED) is 0.721. The normalized spacial score (nSPS) is 8.82. The summed E-state index contributed by atoms with van der Waals surface area (Å²) in [5.74, 6) is -0.517. The highest BCUT2D eigenvalue weighted by atomic mass is 35.5. The summed E-state index contributed by atoms with van der Waals surface area (Å²) < 4.78 is 5.05. The highest BCUT2D eigenvalue weighted by Crippen LogP contribution is 2.28. The van der Waals surface area contributed by atoms with Gasteiger partial charge < -0.3 is 21.3 Å². The molecule has 7 heteroatoms. The van der Waals surface area contributed by atoms with Gasteiger partial charge in [-0.3, -0.25) is 4.79 Å². The molecule has 1 aromatic carbocycles. The zero-order chi connectivity index (χ0) is 11.4. The third-order valence-electron chi connectivity index (χ3n) is 2.04. The molecule has 0 heterocycles. The van der Waals surface area contributed by atoms with Crippen LogP contribution in [0, 0.1) is 0 Å². The lowest BCUT2D eigenvalue weighted by Gasteiger charge is -2.11. The molecule has 5 nitrogen and oxygen atoms in total. The lowest BCUT2D eigenvalue weighted by atomic mass is 10.1. The van der Waals surface area contributed by atoms with Crippen molar-refractivity contribution in [2.45, 2.75) is 13.0 Å². The number of aliphatic carboxylic acids is 1. The van der Waals surface area contributed by atoms with E-state index >= 15 is 0 Å². The van der Waals surface area contributed by atoms with Crippen molar-refractivity contribution in [3.05, 3.63) is 23.3 Å². The highest BCUT2D eigenvalue weighted by molar-refractivity contribution is 5.85. The van der Waals surface area contributed by atoms with Gasteiger partial charge in [0.1, 0.15) is 5.75 Å². The number of carboxylic acids is 1. The Bertz CT molecular complexity index is 386. The van der Waals surface area contributed by atoms with Crippen LogP contribution in [0.15, 0.2) is 12.1 Å². The molecule has 0 atom stereocenters. The number of nitrogens with two attached hydrogens (primary N) is 2. The van der Waals surface area contributed by atoms with Gasteiger partial charge in [-0.25, -0.2) is 0 Å². The standard InChI is InChI=1S/C10H14N2O3.2ClH/c1-15-10-7(4-9(13)14)2-6(5-11)3-8(10)12;;/h2-3H,4-5,11-12H2,1H3,(H,13,14);2*1H. The molecular formula is C10H16Cl2N2O3. The first-order valence-electron chi connectivity index (χ1n) is 4.45. The van der Waals surface area contributed by atoms with Gasteiger partial charge in [0.15, 0.2) is 0 Å². The Morgan fingerprint density at radius 2 is 2.00 bits per heavy atom. The molecule has 0 fully saturated rings. The second-order valence-electron chi connectivity index (χ2n) is 3.15. The minimum absolute atomic E-state index is 0. The van der Waals surface area contributed by atoms with Gasteiger partial charge in [-0.15, -0.1) is 24.8 Å². The molecule has 0 bridgehead atoms. The Labute approximate surface area is 112 Å². The summed E-state index contributed by atoms with van der Waals surface area (Å²) in [6.07, 6.45) is -0.124. The van der Waals surface area contributed by atoms with E-state index in [1.807, 2.05) is 0 Å². The van der Waals surface area contributed by atoms with Crippen LogP contribution in [0.4, 0.5) is 5.69 Å². The number of hydrogen-bond donors (Lipinski definition) is 3. The SMILES string of the molecule is COc1c(N)cc(CN)cc1CC(=O)O.Cl.Cl. The third-order valence-corrected chi connectivity index (χ3v) is 2.04. The largest absolute Gasteiger partial charge is 0.494 e. The molecule has 17 heavy (non-hydrogen) atoms. The number of benzene rings is 1. The van der Waals surface area contributed by atoms with Crippen LogP contribution >= 0.6 is 24.8 Å². The molecule has 0 amide bonds. The number of rotatable bonds is 4. The van der Waals surface area contributed by atoms with Gasteiger partial charge in [0, 0.05) is 12.1 Å². The van der Waals surface area contributed by atoms with E-state index in [1.165, 1.54) is 7.11 Å². The number of hydrogen-bond acceptors (Lipinski definition) is 4. The molecule has 0 aliphatic rings. The summed E-state index contributed by atoms with van der Waals surface area (Å²) in [6, 6.07) is 3.38. The Balaban J connectivity index is 0. The zero-order valence-electron chi connectivity index (χ0n) is 9.30. The fourth-order valence-electron chi connectivity index (χ4n) is 1.44. The van der Waals surface area contributed by atoms with Gasteiger partial charge in [-0.2, -0.15) is 0 Å². The Hall–Kier alpha value is -1.17. The van der Waals surface area contributed by atoms with Gasteiger partial charge in [0.2, 0.25) is 0 Å². The van der Waals surface area contributed by atoms with Crippen LogP contribution in [0.1, 0.15) is 11.1 Å². The van der Waals surface area contributed by atoms with Crippen molar-refractivity contribution in [2.24, 2.45) is 5.73 Å². The van der Waals surface area contributed by atoms with Gasteiger partial charge in [-0.05, 0) is 11.6 Å². The van der Waals surface area contributed by atoms with Crippen molar-refractivity contribution < 1.29 is 14.6 Å². The van der Waals surface area contributed by atoms with E-state index in [0.29, 0.717) is 23.5 Å². The predicted molar refractivity (Wildman–Crippen MR) is 71.1 cm³/mol. The van der Waals surface area contributed by atoms with Crippen molar-refractivity contribution in [3.63, 3.8) is 0 Å². The molecular weight excluding hydrogens is 267 g/mol. The van der Waals surface area contributed by atoms with Crippen LogP contribution in [-0.2, 0) is 17.8 Å². The molecule has 0 spiro atoms. The lowest BCUT2D eigenvalue weighted by Crippen LogP contribution is -2.07. The summed E-state index contributed by atoms with van der Waals surface area (Å²) in [6.45, 7) is 0.320. The molecule has 0 aromatic heterocycles. The molecule has 0 saturated heterocycles. The maximum Gasteiger partial charge on any atom is 0.307 e. The monoisotopic (exact) mass is 282 g/mol. The molecule has 0 radical (unpaired) electrons. The van der Waals surface area contributed by atoms with E-state index in [1.54, 1.807) is 12.1 Å². The number of carboxylic acid groups (broad SMARTS) is 1. The van der Waals surface area contributed by atoms with E-state index < -0.39 is 5.97 Å². The fraction of sp³-hybridized carbons (Fsp3) is 0.300. The van der Waals surface area contributed by atoms with Crippen molar-refractivity contribution >= 4 is 36.5 Å². The van der Waals surface area contributed by atoms with Crippen LogP contribution in [0.25, 0.3) is 0 Å². The predicted octanol–water partition coefficient (Wildman–Crippen LogP) is 1.21. The Morgan fingerprint density at radius 1 is 1.41 bits per heavy atom. The number of anilines is 1. The van der Waals surface area contributed by atoms with E-state index in [0.717, 1.165) is 5.56 Å². The Morgan fingerprint density at radius 3 is 2.41 bits per heavy atom. The van der Waals surface area contributed by atoms with Gasteiger partial charge in [-0.1, -0.05) is 6.07 Å². The summed E-state index contributed by atoms with van der Waals surface area (Å²) in [5.41, 5.74) is 12.9. The first-order valence-corrected chi connectivity index (χ1v) is 4.45. The molecule has 98 valence electrons. The van der Waals surface area contributed by atoms with Crippen molar-refractivity contribution in [1.29, 1.82) is 0 Å². The molecule has 1 rings (SSSR count). The maximum absolute atomic E-state index is 10.6. The molecule has 0 unspecified atom stereocenters. The molecule has 0 saturated carbocycles. The average molecular weight is 283 g/mol. The van der Waals surface area contributed by atoms with E-state index in [-0.39, 0.29) is 31.2 Å². The van der Waals surface area contributed by atoms with Crippen LogP contribution in [0.5, 0.6) is 5.75 Å². The highest BCUT2D eigenvalue weighted by Gasteiger charge is 2.11. The number of nitrogen functional groups attached to an aromatic ring is 1. The topological polar surface area (TPSA) is 98.6 Å². The van der Waals surface area contributed by atoms with Gasteiger partial charge >= 0.3 is 5.97 Å². The van der Waals surface area contributed by atoms with Crippen LogP contribution in [0.2, 0.25) is 0 Å². The van der Waals surface area contributed by atoms with Crippen LogP contribution in [0.3, 0.4) is 0 Å². The van der Waals surface area contributed by atoms with E-state index in [4.69, 9.17) is 21.3 Å². The zero-order valence-corrected chi connectivity index (χ0v) is 10.9. The van der Waals surface area contributed by atoms with E-state index in [2.05, 4.69) is 0 Å².